The minimum Gasteiger partial charge on any atom is -0.376 e. The van der Waals surface area contributed by atoms with Crippen LogP contribution in [0.25, 0.3) is 0 Å². The normalized spacial score (nSPS) is 25.1. The minimum atomic E-state index is 0.301. The van der Waals surface area contributed by atoms with Crippen LogP contribution in [0.3, 0.4) is 0 Å². The maximum absolute atomic E-state index is 5.62. The highest BCUT2D eigenvalue weighted by atomic mass is 16.5. The second-order valence-corrected chi connectivity index (χ2v) is 4.85. The molecule has 5 nitrogen and oxygen atoms in total. The van der Waals surface area contributed by atoms with E-state index < -0.39 is 0 Å². The van der Waals surface area contributed by atoms with E-state index in [9.17, 15) is 0 Å². The summed E-state index contributed by atoms with van der Waals surface area (Å²) in [5, 5.41) is 3.15. The summed E-state index contributed by atoms with van der Waals surface area (Å²) in [4.78, 5) is 11.2. The van der Waals surface area contributed by atoms with Crippen molar-refractivity contribution in [1.29, 1.82) is 0 Å². The van der Waals surface area contributed by atoms with Gasteiger partial charge in [0.1, 0.15) is 5.82 Å². The number of nitrogens with one attached hydrogen (secondary N) is 1. The van der Waals surface area contributed by atoms with Gasteiger partial charge in [0, 0.05) is 25.7 Å². The van der Waals surface area contributed by atoms with E-state index in [-0.39, 0.29) is 0 Å². The summed E-state index contributed by atoms with van der Waals surface area (Å²) in [7, 11) is 0. The van der Waals surface area contributed by atoms with Crippen LogP contribution in [0.2, 0.25) is 0 Å². The highest BCUT2D eigenvalue weighted by Crippen LogP contribution is 2.14. The van der Waals surface area contributed by atoms with Gasteiger partial charge in [0.2, 0.25) is 0 Å². The van der Waals surface area contributed by atoms with Gasteiger partial charge in [0.25, 0.3) is 0 Å². The fraction of sp³-hybridized carbons (Fsp3) is 0.692. The Labute approximate surface area is 109 Å². The largest absolute Gasteiger partial charge is 0.376 e. The fourth-order valence-electron chi connectivity index (χ4n) is 2.11. The third-order valence-corrected chi connectivity index (χ3v) is 3.17. The zero-order valence-electron chi connectivity index (χ0n) is 11.4. The lowest BCUT2D eigenvalue weighted by Crippen LogP contribution is -2.46. The smallest absolute Gasteiger partial charge is 0.144 e. The average Bonchev–Trinajstić information content (AvgIpc) is 2.37. The lowest BCUT2D eigenvalue weighted by Gasteiger charge is -2.36. The first-order chi connectivity index (χ1) is 8.69. The van der Waals surface area contributed by atoms with Gasteiger partial charge in [0.05, 0.1) is 30.8 Å². The molecule has 1 aliphatic heterocycles. The predicted molar refractivity (Wildman–Crippen MR) is 71.5 cm³/mol. The highest BCUT2D eigenvalue weighted by Gasteiger charge is 2.23. The predicted octanol–water partition coefficient (Wildman–Crippen LogP) is 1.52. The standard InChI is InChI=1S/C13H22N4O/c1-4-14-13-6-15-12(5-16-13)8-17-7-11(3)18-9-10(17)2/h5-6,10-11H,4,7-9H2,1-3H3,(H,14,16). The number of hydrogen-bond acceptors (Lipinski definition) is 5. The Balaban J connectivity index is 1.95. The van der Waals surface area contributed by atoms with Crippen LogP contribution in [-0.4, -0.2) is 46.7 Å². The molecule has 100 valence electrons. The van der Waals surface area contributed by atoms with Gasteiger partial charge < -0.3 is 10.1 Å². The molecule has 2 atom stereocenters. The third-order valence-electron chi connectivity index (χ3n) is 3.17. The first-order valence-electron chi connectivity index (χ1n) is 6.59. The number of anilines is 1. The Morgan fingerprint density at radius 3 is 2.89 bits per heavy atom. The molecule has 1 N–H and O–H groups in total. The molecule has 1 saturated heterocycles. The maximum Gasteiger partial charge on any atom is 0.144 e. The highest BCUT2D eigenvalue weighted by molar-refractivity contribution is 5.30. The molecule has 18 heavy (non-hydrogen) atoms. The summed E-state index contributed by atoms with van der Waals surface area (Å²) in [6.07, 6.45) is 3.95. The molecule has 0 spiro atoms. The van der Waals surface area contributed by atoms with Crippen LogP contribution >= 0.6 is 0 Å². The molecule has 1 aromatic heterocycles. The molecule has 0 aliphatic carbocycles. The van der Waals surface area contributed by atoms with Crippen molar-refractivity contribution in [1.82, 2.24) is 14.9 Å². The SMILES string of the molecule is CCNc1cnc(CN2CC(C)OCC2C)cn1. The van der Waals surface area contributed by atoms with Crippen LogP contribution in [-0.2, 0) is 11.3 Å². The summed E-state index contributed by atoms with van der Waals surface area (Å²) in [6.45, 7) is 9.81. The minimum absolute atomic E-state index is 0.301. The number of nitrogens with zero attached hydrogens (tertiary/aromatic N) is 3. The van der Waals surface area contributed by atoms with E-state index in [0.717, 1.165) is 37.8 Å². The van der Waals surface area contributed by atoms with Crippen LogP contribution in [0.5, 0.6) is 0 Å². The molecule has 5 heteroatoms. The van der Waals surface area contributed by atoms with Gasteiger partial charge in [-0.1, -0.05) is 0 Å². The van der Waals surface area contributed by atoms with E-state index >= 15 is 0 Å². The lowest BCUT2D eigenvalue weighted by molar-refractivity contribution is -0.0530. The lowest BCUT2D eigenvalue weighted by atomic mass is 10.2. The van der Waals surface area contributed by atoms with Crippen molar-refractivity contribution in [2.45, 2.75) is 39.5 Å². The van der Waals surface area contributed by atoms with E-state index in [1.54, 1.807) is 6.20 Å². The molecule has 0 saturated carbocycles. The second kappa shape index (κ2) is 6.11. The molecule has 1 fully saturated rings. The third kappa shape index (κ3) is 3.40. The molecular formula is C13H22N4O. The van der Waals surface area contributed by atoms with Crippen LogP contribution in [0, 0.1) is 0 Å². The molecule has 2 rings (SSSR count). The summed E-state index contributed by atoms with van der Waals surface area (Å²) >= 11 is 0. The van der Waals surface area contributed by atoms with Crippen molar-refractivity contribution in [3.8, 4) is 0 Å². The zero-order valence-corrected chi connectivity index (χ0v) is 11.4. The first kappa shape index (κ1) is 13.2. The Kier molecular flexibility index (Phi) is 4.49. The Hall–Kier alpha value is -1.20. The van der Waals surface area contributed by atoms with E-state index in [1.807, 2.05) is 13.1 Å². The van der Waals surface area contributed by atoms with Gasteiger partial charge in [0.15, 0.2) is 0 Å². The Morgan fingerprint density at radius 2 is 2.22 bits per heavy atom. The van der Waals surface area contributed by atoms with Crippen LogP contribution in [0.1, 0.15) is 26.5 Å². The Morgan fingerprint density at radius 1 is 1.39 bits per heavy atom. The van der Waals surface area contributed by atoms with E-state index in [0.29, 0.717) is 12.1 Å². The molecule has 0 bridgehead atoms. The first-order valence-corrected chi connectivity index (χ1v) is 6.59. The molecule has 2 heterocycles. The monoisotopic (exact) mass is 250 g/mol. The zero-order chi connectivity index (χ0) is 13.0. The summed E-state index contributed by atoms with van der Waals surface area (Å²) in [6, 6.07) is 0.441. The number of aromatic nitrogens is 2. The summed E-state index contributed by atoms with van der Waals surface area (Å²) in [5.74, 6) is 0.838. The van der Waals surface area contributed by atoms with Crippen molar-refractivity contribution in [3.63, 3.8) is 0 Å². The van der Waals surface area contributed by atoms with Gasteiger partial charge in [-0.2, -0.15) is 0 Å². The van der Waals surface area contributed by atoms with E-state index in [1.165, 1.54) is 0 Å². The number of ether oxygens (including phenoxy) is 1. The topological polar surface area (TPSA) is 50.3 Å². The molecule has 0 amide bonds. The van der Waals surface area contributed by atoms with Crippen molar-refractivity contribution >= 4 is 5.82 Å². The fourth-order valence-corrected chi connectivity index (χ4v) is 2.11. The van der Waals surface area contributed by atoms with E-state index in [4.69, 9.17) is 4.74 Å². The summed E-state index contributed by atoms with van der Waals surface area (Å²) in [5.41, 5.74) is 1.01. The number of morpholine rings is 1. The van der Waals surface area contributed by atoms with Gasteiger partial charge in [-0.25, -0.2) is 4.98 Å². The maximum atomic E-state index is 5.62. The molecule has 2 unspecified atom stereocenters. The Bertz CT molecular complexity index is 368. The van der Waals surface area contributed by atoms with Crippen molar-refractivity contribution < 1.29 is 4.74 Å². The van der Waals surface area contributed by atoms with Gasteiger partial charge in [-0.15, -0.1) is 0 Å². The van der Waals surface area contributed by atoms with Gasteiger partial charge in [-0.3, -0.25) is 9.88 Å². The average molecular weight is 250 g/mol. The van der Waals surface area contributed by atoms with Crippen molar-refractivity contribution in [2.75, 3.05) is 25.0 Å². The molecule has 1 aliphatic rings. The van der Waals surface area contributed by atoms with Crippen molar-refractivity contribution in [3.05, 3.63) is 18.1 Å². The van der Waals surface area contributed by atoms with Gasteiger partial charge >= 0.3 is 0 Å². The molecule has 1 aromatic rings. The van der Waals surface area contributed by atoms with E-state index in [2.05, 4.69) is 34.0 Å². The number of hydrogen-bond donors (Lipinski definition) is 1. The van der Waals surface area contributed by atoms with Crippen molar-refractivity contribution in [2.24, 2.45) is 0 Å². The molecule has 0 radical (unpaired) electrons. The van der Waals surface area contributed by atoms with Crippen LogP contribution < -0.4 is 5.32 Å². The quantitative estimate of drug-likeness (QED) is 0.878. The molecule has 0 aromatic carbocycles. The summed E-state index contributed by atoms with van der Waals surface area (Å²) < 4.78 is 5.62. The van der Waals surface area contributed by atoms with Crippen LogP contribution in [0.15, 0.2) is 12.4 Å². The second-order valence-electron chi connectivity index (χ2n) is 4.85. The van der Waals surface area contributed by atoms with Gasteiger partial charge in [-0.05, 0) is 20.8 Å². The molecular weight excluding hydrogens is 228 g/mol. The van der Waals surface area contributed by atoms with Crippen LogP contribution in [0.4, 0.5) is 5.82 Å². The number of rotatable bonds is 4.